The summed E-state index contributed by atoms with van der Waals surface area (Å²) in [7, 11) is 0. The number of Topliss-reactive ketones (excluding diaryl/α,β-unsaturated/α-hetero) is 1. The third-order valence-corrected chi connectivity index (χ3v) is 3.32. The van der Waals surface area contributed by atoms with Gasteiger partial charge in [-0.3, -0.25) is 4.79 Å². The van der Waals surface area contributed by atoms with Gasteiger partial charge < -0.3 is 4.74 Å². The molecule has 1 aromatic carbocycles. The van der Waals surface area contributed by atoms with Crippen molar-refractivity contribution in [1.82, 2.24) is 0 Å². The van der Waals surface area contributed by atoms with Gasteiger partial charge in [0.25, 0.3) is 0 Å². The molecule has 0 heterocycles. The average molecular weight is 252 g/mol. The van der Waals surface area contributed by atoms with E-state index in [4.69, 9.17) is 4.74 Å². The number of hydrogen-bond acceptors (Lipinski definition) is 2. The summed E-state index contributed by atoms with van der Waals surface area (Å²) < 4.78 is 18.7. The van der Waals surface area contributed by atoms with Crippen molar-refractivity contribution in [2.24, 2.45) is 0 Å². The highest BCUT2D eigenvalue weighted by molar-refractivity contribution is 5.89. The highest BCUT2D eigenvalue weighted by Gasteiger charge is 2.34. The summed E-state index contributed by atoms with van der Waals surface area (Å²) >= 11 is 0. The van der Waals surface area contributed by atoms with Gasteiger partial charge in [0.15, 0.2) is 5.78 Å². The van der Waals surface area contributed by atoms with Gasteiger partial charge in [-0.2, -0.15) is 0 Å². The molecule has 0 aliphatic rings. The number of ketones is 1. The predicted molar refractivity (Wildman–Crippen MR) is 70.1 cm³/mol. The van der Waals surface area contributed by atoms with E-state index in [0.29, 0.717) is 25.0 Å². The van der Waals surface area contributed by atoms with Gasteiger partial charge >= 0.3 is 0 Å². The number of rotatable bonds is 7. The lowest BCUT2D eigenvalue weighted by Crippen LogP contribution is -2.41. The van der Waals surface area contributed by atoms with Gasteiger partial charge in [-0.15, -0.1) is 0 Å². The number of carbonyl (C=O) groups excluding carboxylic acids is 1. The third-order valence-electron chi connectivity index (χ3n) is 3.32. The second kappa shape index (κ2) is 6.64. The van der Waals surface area contributed by atoms with E-state index in [-0.39, 0.29) is 18.0 Å². The van der Waals surface area contributed by atoms with Crippen LogP contribution in [0.5, 0.6) is 0 Å². The molecule has 0 aliphatic carbocycles. The first-order chi connectivity index (χ1) is 8.57. The topological polar surface area (TPSA) is 26.3 Å². The van der Waals surface area contributed by atoms with Crippen molar-refractivity contribution < 1.29 is 13.9 Å². The standard InChI is InChI=1S/C15H21FO2/c1-4-15(5-2,18-6-3)14(17)11-12-8-7-9-13(16)10-12/h7-10H,4-6,11H2,1-3H3. The first-order valence-electron chi connectivity index (χ1n) is 6.49. The maximum Gasteiger partial charge on any atom is 0.168 e. The molecule has 0 unspecified atom stereocenters. The van der Waals surface area contributed by atoms with Gasteiger partial charge in [-0.1, -0.05) is 26.0 Å². The first-order valence-corrected chi connectivity index (χ1v) is 6.49. The molecule has 0 bridgehead atoms. The Morgan fingerprint density at radius 2 is 1.94 bits per heavy atom. The van der Waals surface area contributed by atoms with E-state index in [0.717, 1.165) is 0 Å². The highest BCUT2D eigenvalue weighted by atomic mass is 19.1. The fourth-order valence-electron chi connectivity index (χ4n) is 2.20. The molecule has 0 aliphatic heterocycles. The Bertz CT molecular complexity index is 397. The minimum Gasteiger partial charge on any atom is -0.368 e. The van der Waals surface area contributed by atoms with Crippen LogP contribution in [0.15, 0.2) is 24.3 Å². The molecule has 0 spiro atoms. The van der Waals surface area contributed by atoms with Crippen LogP contribution in [0.2, 0.25) is 0 Å². The second-order valence-electron chi connectivity index (χ2n) is 4.36. The Balaban J connectivity index is 2.85. The van der Waals surface area contributed by atoms with Crippen molar-refractivity contribution in [2.45, 2.75) is 45.6 Å². The van der Waals surface area contributed by atoms with Crippen LogP contribution in [0.1, 0.15) is 39.2 Å². The Hall–Kier alpha value is -1.22. The van der Waals surface area contributed by atoms with Crippen LogP contribution in [0.3, 0.4) is 0 Å². The van der Waals surface area contributed by atoms with Crippen molar-refractivity contribution in [2.75, 3.05) is 6.61 Å². The van der Waals surface area contributed by atoms with E-state index in [2.05, 4.69) is 0 Å². The van der Waals surface area contributed by atoms with Crippen LogP contribution >= 0.6 is 0 Å². The summed E-state index contributed by atoms with van der Waals surface area (Å²) in [5.74, 6) is -0.282. The van der Waals surface area contributed by atoms with Crippen molar-refractivity contribution in [3.8, 4) is 0 Å². The Morgan fingerprint density at radius 3 is 2.44 bits per heavy atom. The molecule has 1 rings (SSSR count). The Labute approximate surface area is 108 Å². The Morgan fingerprint density at radius 1 is 1.28 bits per heavy atom. The number of halogens is 1. The molecule has 0 atom stereocenters. The summed E-state index contributed by atoms with van der Waals surface area (Å²) in [6.07, 6.45) is 1.51. The summed E-state index contributed by atoms with van der Waals surface area (Å²) in [4.78, 5) is 12.4. The Kier molecular flexibility index (Phi) is 5.48. The van der Waals surface area contributed by atoms with Crippen molar-refractivity contribution in [1.29, 1.82) is 0 Å². The number of ether oxygens (including phenoxy) is 1. The fourth-order valence-corrected chi connectivity index (χ4v) is 2.20. The molecule has 2 nitrogen and oxygen atoms in total. The first kappa shape index (κ1) is 14.8. The molecular formula is C15H21FO2. The van der Waals surface area contributed by atoms with E-state index >= 15 is 0 Å². The zero-order valence-corrected chi connectivity index (χ0v) is 11.3. The van der Waals surface area contributed by atoms with Crippen LogP contribution in [-0.2, 0) is 16.0 Å². The molecular weight excluding hydrogens is 231 g/mol. The lowest BCUT2D eigenvalue weighted by molar-refractivity contribution is -0.144. The van der Waals surface area contributed by atoms with E-state index in [1.165, 1.54) is 12.1 Å². The monoisotopic (exact) mass is 252 g/mol. The molecule has 18 heavy (non-hydrogen) atoms. The van der Waals surface area contributed by atoms with E-state index < -0.39 is 5.60 Å². The van der Waals surface area contributed by atoms with E-state index in [9.17, 15) is 9.18 Å². The summed E-state index contributed by atoms with van der Waals surface area (Å²) in [5, 5.41) is 0. The average Bonchev–Trinajstić information content (AvgIpc) is 2.36. The minimum absolute atomic E-state index is 0.0277. The maximum atomic E-state index is 13.1. The van der Waals surface area contributed by atoms with Crippen LogP contribution in [-0.4, -0.2) is 18.0 Å². The van der Waals surface area contributed by atoms with E-state index in [1.807, 2.05) is 20.8 Å². The third kappa shape index (κ3) is 3.39. The second-order valence-corrected chi connectivity index (χ2v) is 4.36. The minimum atomic E-state index is -0.721. The van der Waals surface area contributed by atoms with Crippen LogP contribution in [0.4, 0.5) is 4.39 Å². The fraction of sp³-hybridized carbons (Fsp3) is 0.533. The van der Waals surface area contributed by atoms with Crippen molar-refractivity contribution in [3.05, 3.63) is 35.6 Å². The summed E-state index contributed by atoms with van der Waals surface area (Å²) in [6, 6.07) is 6.17. The molecule has 1 aromatic rings. The number of benzene rings is 1. The molecule has 100 valence electrons. The van der Waals surface area contributed by atoms with Crippen LogP contribution < -0.4 is 0 Å². The molecule has 3 heteroatoms. The molecule has 0 radical (unpaired) electrons. The zero-order chi connectivity index (χ0) is 13.6. The summed E-state index contributed by atoms with van der Waals surface area (Å²) in [6.45, 7) is 6.29. The molecule has 0 saturated carbocycles. The van der Waals surface area contributed by atoms with Gasteiger partial charge in [0, 0.05) is 13.0 Å². The van der Waals surface area contributed by atoms with Gasteiger partial charge in [0.2, 0.25) is 0 Å². The molecule has 0 aromatic heterocycles. The number of hydrogen-bond donors (Lipinski definition) is 0. The number of carbonyl (C=O) groups is 1. The molecule has 0 N–H and O–H groups in total. The van der Waals surface area contributed by atoms with Crippen LogP contribution in [0.25, 0.3) is 0 Å². The SMILES string of the molecule is CCOC(CC)(CC)C(=O)Cc1cccc(F)c1. The van der Waals surface area contributed by atoms with Gasteiger partial charge in [0.1, 0.15) is 11.4 Å². The maximum absolute atomic E-state index is 13.1. The largest absolute Gasteiger partial charge is 0.368 e. The van der Waals surface area contributed by atoms with E-state index in [1.54, 1.807) is 12.1 Å². The molecule has 0 fully saturated rings. The summed E-state index contributed by atoms with van der Waals surface area (Å²) in [5.41, 5.74) is -0.0212. The predicted octanol–water partition coefficient (Wildman–Crippen LogP) is 3.53. The van der Waals surface area contributed by atoms with Gasteiger partial charge in [0.05, 0.1) is 0 Å². The van der Waals surface area contributed by atoms with Crippen molar-refractivity contribution >= 4 is 5.78 Å². The smallest absolute Gasteiger partial charge is 0.168 e. The normalized spacial score (nSPS) is 11.6. The van der Waals surface area contributed by atoms with Crippen molar-refractivity contribution in [3.63, 3.8) is 0 Å². The van der Waals surface area contributed by atoms with Crippen LogP contribution in [0, 0.1) is 5.82 Å². The van der Waals surface area contributed by atoms with Gasteiger partial charge in [-0.05, 0) is 37.5 Å². The van der Waals surface area contributed by atoms with Gasteiger partial charge in [-0.25, -0.2) is 4.39 Å². The lowest BCUT2D eigenvalue weighted by atomic mass is 9.88. The molecule has 0 saturated heterocycles. The zero-order valence-electron chi connectivity index (χ0n) is 11.3. The lowest BCUT2D eigenvalue weighted by Gasteiger charge is -2.30. The highest BCUT2D eigenvalue weighted by Crippen LogP contribution is 2.24. The molecule has 0 amide bonds. The quantitative estimate of drug-likeness (QED) is 0.742.